The number of hydrogen-bond donors (Lipinski definition) is 0. The summed E-state index contributed by atoms with van der Waals surface area (Å²) in [6.07, 6.45) is 0. The van der Waals surface area contributed by atoms with Crippen LogP contribution in [-0.2, 0) is 16.1 Å². The van der Waals surface area contributed by atoms with Crippen LogP contribution in [0.5, 0.6) is 0 Å². The number of ether oxygens (including phenoxy) is 1. The predicted molar refractivity (Wildman–Crippen MR) is 95.5 cm³/mol. The summed E-state index contributed by atoms with van der Waals surface area (Å²) in [6.45, 7) is 0.878. The van der Waals surface area contributed by atoms with Crippen LogP contribution >= 0.6 is 0 Å². The Bertz CT molecular complexity index is 785. The number of benzene rings is 2. The zero-order valence-corrected chi connectivity index (χ0v) is 14.6. The molecule has 2 aromatic rings. The maximum atomic E-state index is 12.8. The average Bonchev–Trinajstić information content (AvgIpc) is 2.91. The van der Waals surface area contributed by atoms with E-state index >= 15 is 0 Å². The van der Waals surface area contributed by atoms with E-state index in [1.54, 1.807) is 36.3 Å². The molecule has 0 bridgehead atoms. The Morgan fingerprint density at radius 1 is 0.962 bits per heavy atom. The van der Waals surface area contributed by atoms with Crippen LogP contribution < -0.4 is 0 Å². The first-order valence-corrected chi connectivity index (χ1v) is 8.37. The number of hydrogen-bond acceptors (Lipinski definition) is 4. The molecule has 0 atom stereocenters. The van der Waals surface area contributed by atoms with Crippen molar-refractivity contribution in [3.8, 4) is 0 Å². The molecule has 0 aliphatic carbocycles. The zero-order valence-electron chi connectivity index (χ0n) is 14.6. The molecule has 0 unspecified atom stereocenters. The van der Waals surface area contributed by atoms with Crippen LogP contribution in [0.3, 0.4) is 0 Å². The van der Waals surface area contributed by atoms with Crippen molar-refractivity contribution < 1.29 is 19.1 Å². The van der Waals surface area contributed by atoms with E-state index in [0.717, 1.165) is 10.5 Å². The number of methoxy groups -OCH3 is 1. The lowest BCUT2D eigenvalue weighted by atomic mass is 10.1. The Balaban J connectivity index is 1.73. The van der Waals surface area contributed by atoms with Crippen LogP contribution in [0.15, 0.2) is 54.6 Å². The number of nitrogens with zero attached hydrogens (tertiary/aromatic N) is 2. The van der Waals surface area contributed by atoms with Crippen LogP contribution in [0.1, 0.15) is 26.3 Å². The van der Waals surface area contributed by atoms with Crippen molar-refractivity contribution in [2.45, 2.75) is 6.54 Å². The van der Waals surface area contributed by atoms with Gasteiger partial charge in [0.15, 0.2) is 0 Å². The SMILES string of the molecule is COCCN(Cc1ccccc1)C(=O)CN1C(=O)c2ccccc2C1=O. The van der Waals surface area contributed by atoms with Gasteiger partial charge in [-0.15, -0.1) is 0 Å². The standard InChI is InChI=1S/C20H20N2O4/c1-26-12-11-21(13-15-7-3-2-4-8-15)18(23)14-22-19(24)16-9-5-6-10-17(16)20(22)25/h2-10H,11-14H2,1H3. The molecule has 0 saturated carbocycles. The Morgan fingerprint density at radius 2 is 1.54 bits per heavy atom. The van der Waals surface area contributed by atoms with Gasteiger partial charge in [-0.25, -0.2) is 0 Å². The highest BCUT2D eigenvalue weighted by atomic mass is 16.5. The number of rotatable bonds is 7. The Hall–Kier alpha value is -2.99. The third-order valence-corrected chi connectivity index (χ3v) is 4.31. The van der Waals surface area contributed by atoms with Gasteiger partial charge in [-0.1, -0.05) is 42.5 Å². The van der Waals surface area contributed by atoms with Crippen molar-refractivity contribution in [2.75, 3.05) is 26.8 Å². The minimum Gasteiger partial charge on any atom is -0.383 e. The quantitative estimate of drug-likeness (QED) is 0.715. The molecule has 6 nitrogen and oxygen atoms in total. The highest BCUT2D eigenvalue weighted by Gasteiger charge is 2.36. The maximum Gasteiger partial charge on any atom is 0.262 e. The van der Waals surface area contributed by atoms with E-state index < -0.39 is 11.8 Å². The van der Waals surface area contributed by atoms with Crippen LogP contribution in [0.4, 0.5) is 0 Å². The Kier molecular flexibility index (Phi) is 5.43. The first-order chi connectivity index (χ1) is 12.6. The van der Waals surface area contributed by atoms with Gasteiger partial charge in [0.1, 0.15) is 6.54 Å². The summed E-state index contributed by atoms with van der Waals surface area (Å²) in [5.41, 5.74) is 1.66. The summed E-state index contributed by atoms with van der Waals surface area (Å²) >= 11 is 0. The van der Waals surface area contributed by atoms with Crippen molar-refractivity contribution in [1.82, 2.24) is 9.80 Å². The Labute approximate surface area is 152 Å². The van der Waals surface area contributed by atoms with E-state index in [1.165, 1.54) is 0 Å². The molecule has 2 aromatic carbocycles. The lowest BCUT2D eigenvalue weighted by Gasteiger charge is -2.24. The number of carbonyl (C=O) groups is 3. The van der Waals surface area contributed by atoms with Gasteiger partial charge in [0.05, 0.1) is 17.7 Å². The van der Waals surface area contributed by atoms with Gasteiger partial charge in [-0.05, 0) is 17.7 Å². The van der Waals surface area contributed by atoms with Gasteiger partial charge in [-0.3, -0.25) is 19.3 Å². The minimum absolute atomic E-state index is 0.275. The minimum atomic E-state index is -0.426. The van der Waals surface area contributed by atoms with E-state index in [2.05, 4.69) is 0 Å². The fraction of sp³-hybridized carbons (Fsp3) is 0.250. The lowest BCUT2D eigenvalue weighted by molar-refractivity contribution is -0.132. The van der Waals surface area contributed by atoms with Gasteiger partial charge in [0.25, 0.3) is 11.8 Å². The molecule has 134 valence electrons. The van der Waals surface area contributed by atoms with Crippen LogP contribution in [-0.4, -0.2) is 54.3 Å². The average molecular weight is 352 g/mol. The second kappa shape index (κ2) is 7.93. The molecule has 0 spiro atoms. The topological polar surface area (TPSA) is 66.9 Å². The maximum absolute atomic E-state index is 12.8. The molecule has 0 radical (unpaired) electrons. The summed E-state index contributed by atoms with van der Waals surface area (Å²) in [5, 5.41) is 0. The van der Waals surface area contributed by atoms with Crippen molar-refractivity contribution in [1.29, 1.82) is 0 Å². The largest absolute Gasteiger partial charge is 0.383 e. The molecule has 0 saturated heterocycles. The summed E-state index contributed by atoms with van der Waals surface area (Å²) < 4.78 is 5.08. The van der Waals surface area contributed by atoms with Gasteiger partial charge in [-0.2, -0.15) is 0 Å². The number of imide groups is 1. The molecule has 0 N–H and O–H groups in total. The summed E-state index contributed by atoms with van der Waals surface area (Å²) in [5.74, 6) is -1.14. The smallest absolute Gasteiger partial charge is 0.262 e. The van der Waals surface area contributed by atoms with E-state index in [1.807, 2.05) is 30.3 Å². The van der Waals surface area contributed by atoms with Gasteiger partial charge in [0.2, 0.25) is 5.91 Å². The number of carbonyl (C=O) groups excluding carboxylic acids is 3. The highest BCUT2D eigenvalue weighted by Crippen LogP contribution is 2.22. The van der Waals surface area contributed by atoms with Crippen LogP contribution in [0.2, 0.25) is 0 Å². The first kappa shape index (κ1) is 17.8. The van der Waals surface area contributed by atoms with Crippen molar-refractivity contribution in [2.24, 2.45) is 0 Å². The highest BCUT2D eigenvalue weighted by molar-refractivity contribution is 6.22. The summed E-state index contributed by atoms with van der Waals surface area (Å²) in [7, 11) is 1.56. The molecule has 1 aliphatic heterocycles. The van der Waals surface area contributed by atoms with E-state index in [9.17, 15) is 14.4 Å². The van der Waals surface area contributed by atoms with E-state index in [-0.39, 0.29) is 12.5 Å². The molecular formula is C20H20N2O4. The molecule has 26 heavy (non-hydrogen) atoms. The lowest BCUT2D eigenvalue weighted by Crippen LogP contribution is -2.43. The molecule has 3 amide bonds. The summed E-state index contributed by atoms with van der Waals surface area (Å²) in [4.78, 5) is 40.3. The van der Waals surface area contributed by atoms with Gasteiger partial charge < -0.3 is 9.64 Å². The fourth-order valence-electron chi connectivity index (χ4n) is 2.92. The summed E-state index contributed by atoms with van der Waals surface area (Å²) in [6, 6.07) is 16.2. The third-order valence-electron chi connectivity index (χ3n) is 4.31. The second-order valence-electron chi connectivity index (χ2n) is 6.04. The number of amides is 3. The first-order valence-electron chi connectivity index (χ1n) is 8.37. The predicted octanol–water partition coefficient (Wildman–Crippen LogP) is 1.96. The van der Waals surface area contributed by atoms with Gasteiger partial charge >= 0.3 is 0 Å². The molecule has 0 aromatic heterocycles. The van der Waals surface area contributed by atoms with Crippen molar-refractivity contribution in [3.63, 3.8) is 0 Å². The van der Waals surface area contributed by atoms with Gasteiger partial charge in [0, 0.05) is 20.2 Å². The normalized spacial score (nSPS) is 13.0. The van der Waals surface area contributed by atoms with E-state index in [0.29, 0.717) is 30.8 Å². The van der Waals surface area contributed by atoms with Crippen molar-refractivity contribution in [3.05, 3.63) is 71.3 Å². The molecule has 1 aliphatic rings. The zero-order chi connectivity index (χ0) is 18.5. The molecule has 0 fully saturated rings. The monoisotopic (exact) mass is 352 g/mol. The molecule has 6 heteroatoms. The molecule has 3 rings (SSSR count). The van der Waals surface area contributed by atoms with Crippen molar-refractivity contribution >= 4 is 17.7 Å². The molecular weight excluding hydrogens is 332 g/mol. The third kappa shape index (κ3) is 3.65. The fourth-order valence-corrected chi connectivity index (χ4v) is 2.92. The number of fused-ring (bicyclic) bond motifs is 1. The Morgan fingerprint density at radius 3 is 2.12 bits per heavy atom. The second-order valence-corrected chi connectivity index (χ2v) is 6.04. The van der Waals surface area contributed by atoms with E-state index in [4.69, 9.17) is 4.74 Å². The van der Waals surface area contributed by atoms with Crippen LogP contribution in [0.25, 0.3) is 0 Å². The van der Waals surface area contributed by atoms with Crippen LogP contribution in [0, 0.1) is 0 Å². The molecule has 1 heterocycles.